The van der Waals surface area contributed by atoms with E-state index in [1.807, 2.05) is 0 Å². The normalized spacial score (nSPS) is 15.6. The van der Waals surface area contributed by atoms with Crippen molar-refractivity contribution >= 4 is 28.8 Å². The molecule has 0 radical (unpaired) electrons. The van der Waals surface area contributed by atoms with E-state index in [1.54, 1.807) is 6.92 Å². The maximum Gasteiger partial charge on any atom is 0.242 e. The Bertz CT molecular complexity index is 561. The predicted octanol–water partition coefficient (Wildman–Crippen LogP) is 1.68. The summed E-state index contributed by atoms with van der Waals surface area (Å²) < 4.78 is 27.5. The van der Waals surface area contributed by atoms with Gasteiger partial charge in [0.25, 0.3) is 0 Å². The molecule has 1 amide bonds. The highest BCUT2D eigenvalue weighted by Crippen LogP contribution is 2.22. The molecule has 1 saturated carbocycles. The molecule has 0 heterocycles. The molecule has 108 valence electrons. The summed E-state index contributed by atoms with van der Waals surface area (Å²) in [5.41, 5.74) is 5.03. The number of nitrogens with two attached hydrogens (primary N) is 1. The topological polar surface area (TPSA) is 67.1 Å². The Morgan fingerprint density at radius 1 is 1.40 bits per heavy atom. The van der Waals surface area contributed by atoms with Crippen molar-refractivity contribution in [2.75, 3.05) is 5.32 Å². The summed E-state index contributed by atoms with van der Waals surface area (Å²) in [5, 5.41) is 5.42. The van der Waals surface area contributed by atoms with Gasteiger partial charge in [-0.25, -0.2) is 8.78 Å². The van der Waals surface area contributed by atoms with Gasteiger partial charge in [-0.3, -0.25) is 4.79 Å². The summed E-state index contributed by atoms with van der Waals surface area (Å²) in [5.74, 6) is -2.45. The summed E-state index contributed by atoms with van der Waals surface area (Å²) in [6.07, 6.45) is 1.92. The molecule has 20 heavy (non-hydrogen) atoms. The molecule has 1 fully saturated rings. The molecule has 1 aromatic rings. The first-order valence-electron chi connectivity index (χ1n) is 6.25. The van der Waals surface area contributed by atoms with Crippen LogP contribution in [0.3, 0.4) is 0 Å². The number of halogens is 2. The van der Waals surface area contributed by atoms with E-state index in [0.717, 1.165) is 12.8 Å². The van der Waals surface area contributed by atoms with Crippen LogP contribution < -0.4 is 16.4 Å². The summed E-state index contributed by atoms with van der Waals surface area (Å²) in [6, 6.07) is 2.15. The molecule has 0 saturated heterocycles. The number of benzene rings is 1. The fraction of sp³-hybridized carbons (Fsp3) is 0.385. The van der Waals surface area contributed by atoms with Crippen molar-refractivity contribution in [1.29, 1.82) is 0 Å². The van der Waals surface area contributed by atoms with Gasteiger partial charge in [0.05, 0.1) is 5.69 Å². The highest BCUT2D eigenvalue weighted by atomic mass is 32.1. The number of thiocarbonyl (C=S) groups is 1. The number of rotatable bonds is 5. The number of hydrogen-bond donors (Lipinski definition) is 3. The second kappa shape index (κ2) is 5.70. The van der Waals surface area contributed by atoms with E-state index in [1.165, 1.54) is 12.1 Å². The summed E-state index contributed by atoms with van der Waals surface area (Å²) >= 11 is 4.62. The van der Waals surface area contributed by atoms with Crippen LogP contribution in [0.2, 0.25) is 0 Å². The fourth-order valence-electron chi connectivity index (χ4n) is 1.70. The van der Waals surface area contributed by atoms with Gasteiger partial charge in [-0.15, -0.1) is 0 Å². The average Bonchev–Trinajstić information content (AvgIpc) is 3.18. The molecule has 0 aliphatic heterocycles. The molecule has 2 rings (SSSR count). The van der Waals surface area contributed by atoms with Crippen molar-refractivity contribution in [2.45, 2.75) is 31.8 Å². The minimum absolute atomic E-state index is 0.0963. The number of carbonyl (C=O) groups excluding carboxylic acids is 1. The van der Waals surface area contributed by atoms with Crippen LogP contribution in [0.4, 0.5) is 14.5 Å². The summed E-state index contributed by atoms with van der Waals surface area (Å²) in [4.78, 5) is 11.5. The van der Waals surface area contributed by atoms with Gasteiger partial charge in [0.1, 0.15) is 11.0 Å². The molecule has 1 aromatic carbocycles. The van der Waals surface area contributed by atoms with Crippen molar-refractivity contribution in [2.24, 2.45) is 5.73 Å². The SMILES string of the molecule is CC(Nc1ccc(C(N)=S)c(F)c1F)C(=O)NC1CC1. The van der Waals surface area contributed by atoms with E-state index >= 15 is 0 Å². The number of nitrogens with one attached hydrogen (secondary N) is 2. The van der Waals surface area contributed by atoms with Crippen molar-refractivity contribution in [3.63, 3.8) is 0 Å². The van der Waals surface area contributed by atoms with Gasteiger partial charge in [-0.2, -0.15) is 0 Å². The third-order valence-corrected chi connectivity index (χ3v) is 3.26. The smallest absolute Gasteiger partial charge is 0.242 e. The van der Waals surface area contributed by atoms with Gasteiger partial charge in [-0.05, 0) is 31.9 Å². The quantitative estimate of drug-likeness (QED) is 0.724. The van der Waals surface area contributed by atoms with Crippen molar-refractivity contribution in [3.8, 4) is 0 Å². The zero-order valence-corrected chi connectivity index (χ0v) is 11.7. The Balaban J connectivity index is 2.10. The summed E-state index contributed by atoms with van der Waals surface area (Å²) in [7, 11) is 0. The Morgan fingerprint density at radius 2 is 2.05 bits per heavy atom. The third-order valence-electron chi connectivity index (χ3n) is 3.04. The predicted molar refractivity (Wildman–Crippen MR) is 76.5 cm³/mol. The van der Waals surface area contributed by atoms with Gasteiger partial charge >= 0.3 is 0 Å². The standard InChI is InChI=1S/C13H15F2N3OS/c1-6(13(19)18-7-2-3-7)17-9-5-4-8(12(16)20)10(14)11(9)15/h4-7,17H,2-3H2,1H3,(H2,16,20)(H,18,19). The fourth-order valence-corrected chi connectivity index (χ4v) is 1.86. The lowest BCUT2D eigenvalue weighted by Gasteiger charge is -2.16. The molecule has 4 N–H and O–H groups in total. The Morgan fingerprint density at radius 3 is 2.60 bits per heavy atom. The minimum Gasteiger partial charge on any atom is -0.389 e. The van der Waals surface area contributed by atoms with Gasteiger partial charge in [0, 0.05) is 11.6 Å². The van der Waals surface area contributed by atoms with E-state index in [-0.39, 0.29) is 28.2 Å². The number of amides is 1. The lowest BCUT2D eigenvalue weighted by molar-refractivity contribution is -0.121. The van der Waals surface area contributed by atoms with E-state index < -0.39 is 17.7 Å². The first kappa shape index (κ1) is 14.6. The molecule has 0 aromatic heterocycles. The van der Waals surface area contributed by atoms with Crippen LogP contribution >= 0.6 is 12.2 Å². The zero-order valence-electron chi connectivity index (χ0n) is 10.9. The van der Waals surface area contributed by atoms with Crippen LogP contribution in [-0.4, -0.2) is 23.0 Å². The second-order valence-corrected chi connectivity index (χ2v) is 5.24. The molecule has 0 spiro atoms. The lowest BCUT2D eigenvalue weighted by Crippen LogP contribution is -2.38. The van der Waals surface area contributed by atoms with Crippen LogP contribution in [0.15, 0.2) is 12.1 Å². The Labute approximate surface area is 120 Å². The van der Waals surface area contributed by atoms with Crippen LogP contribution in [0.1, 0.15) is 25.3 Å². The highest BCUT2D eigenvalue weighted by molar-refractivity contribution is 7.80. The third kappa shape index (κ3) is 3.22. The van der Waals surface area contributed by atoms with E-state index in [0.29, 0.717) is 0 Å². The number of hydrogen-bond acceptors (Lipinski definition) is 3. The van der Waals surface area contributed by atoms with E-state index in [4.69, 9.17) is 5.73 Å². The van der Waals surface area contributed by atoms with Crippen LogP contribution in [0, 0.1) is 11.6 Å². The van der Waals surface area contributed by atoms with Crippen molar-refractivity contribution in [3.05, 3.63) is 29.3 Å². The molecule has 4 nitrogen and oxygen atoms in total. The number of anilines is 1. The molecule has 1 atom stereocenters. The largest absolute Gasteiger partial charge is 0.389 e. The lowest BCUT2D eigenvalue weighted by atomic mass is 10.1. The molecule has 1 aliphatic carbocycles. The van der Waals surface area contributed by atoms with E-state index in [2.05, 4.69) is 22.9 Å². The Kier molecular flexibility index (Phi) is 4.17. The monoisotopic (exact) mass is 299 g/mol. The molecule has 1 unspecified atom stereocenters. The second-order valence-electron chi connectivity index (χ2n) is 4.80. The maximum absolute atomic E-state index is 13.8. The maximum atomic E-state index is 13.8. The van der Waals surface area contributed by atoms with Gasteiger partial charge in [0.15, 0.2) is 11.6 Å². The van der Waals surface area contributed by atoms with Crippen LogP contribution in [-0.2, 0) is 4.79 Å². The van der Waals surface area contributed by atoms with Crippen molar-refractivity contribution in [1.82, 2.24) is 5.32 Å². The Hall–Kier alpha value is -1.76. The molecule has 0 bridgehead atoms. The van der Waals surface area contributed by atoms with E-state index in [9.17, 15) is 13.6 Å². The minimum atomic E-state index is -1.11. The van der Waals surface area contributed by atoms with Gasteiger partial charge < -0.3 is 16.4 Å². The average molecular weight is 299 g/mol. The molecular formula is C13H15F2N3OS. The number of carbonyl (C=O) groups is 1. The van der Waals surface area contributed by atoms with Gasteiger partial charge in [-0.1, -0.05) is 12.2 Å². The highest BCUT2D eigenvalue weighted by Gasteiger charge is 2.26. The first-order chi connectivity index (χ1) is 9.40. The van der Waals surface area contributed by atoms with Crippen LogP contribution in [0.25, 0.3) is 0 Å². The molecule has 7 heteroatoms. The first-order valence-corrected chi connectivity index (χ1v) is 6.65. The van der Waals surface area contributed by atoms with Crippen molar-refractivity contribution < 1.29 is 13.6 Å². The molecule has 1 aliphatic rings. The summed E-state index contributed by atoms with van der Waals surface area (Å²) in [6.45, 7) is 1.58. The van der Waals surface area contributed by atoms with Crippen LogP contribution in [0.5, 0.6) is 0 Å². The van der Waals surface area contributed by atoms with Gasteiger partial charge in [0.2, 0.25) is 5.91 Å². The zero-order chi connectivity index (χ0) is 14.9. The molecular weight excluding hydrogens is 284 g/mol.